The number of nitrogens with two attached hydrogens (primary N) is 1. The normalized spacial score (nSPS) is 11.0. The quantitative estimate of drug-likeness (QED) is 0.829. The molecule has 0 saturated heterocycles. The fourth-order valence-electron chi connectivity index (χ4n) is 2.31. The fourth-order valence-corrected chi connectivity index (χ4v) is 2.31. The Labute approximate surface area is 124 Å². The van der Waals surface area contributed by atoms with Crippen molar-refractivity contribution in [2.45, 2.75) is 27.0 Å². The summed E-state index contributed by atoms with van der Waals surface area (Å²) in [5.74, 6) is 0.936. The van der Waals surface area contributed by atoms with E-state index in [2.05, 4.69) is 31.1 Å². The molecule has 112 valence electrons. The van der Waals surface area contributed by atoms with Gasteiger partial charge in [-0.1, -0.05) is 38.1 Å². The summed E-state index contributed by atoms with van der Waals surface area (Å²) in [6.45, 7) is 4.59. The fraction of sp³-hybridized carbons (Fsp3) is 0.375. The first-order valence-corrected chi connectivity index (χ1v) is 6.96. The Balaban J connectivity index is 2.37. The van der Waals surface area contributed by atoms with Crippen LogP contribution >= 0.6 is 0 Å². The van der Waals surface area contributed by atoms with Crippen LogP contribution in [0.3, 0.4) is 0 Å². The number of aldehydes is 1. The Morgan fingerprint density at radius 2 is 2.00 bits per heavy atom. The molecule has 0 radical (unpaired) electrons. The highest BCUT2D eigenvalue weighted by Gasteiger charge is 2.16. The van der Waals surface area contributed by atoms with Gasteiger partial charge in [-0.15, -0.1) is 0 Å². The third-order valence-electron chi connectivity index (χ3n) is 3.27. The first-order chi connectivity index (χ1) is 10.1. The van der Waals surface area contributed by atoms with Crippen molar-refractivity contribution in [1.82, 2.24) is 9.78 Å². The number of ether oxygens (including phenoxy) is 1. The van der Waals surface area contributed by atoms with Crippen LogP contribution in [-0.4, -0.2) is 23.2 Å². The van der Waals surface area contributed by atoms with Gasteiger partial charge in [0.25, 0.3) is 0 Å². The maximum absolute atomic E-state index is 11.3. The Morgan fingerprint density at radius 1 is 1.33 bits per heavy atom. The zero-order valence-corrected chi connectivity index (χ0v) is 12.7. The average Bonchev–Trinajstić information content (AvgIpc) is 2.76. The zero-order chi connectivity index (χ0) is 15.4. The molecular weight excluding hydrogens is 266 g/mol. The number of aromatic nitrogens is 2. The van der Waals surface area contributed by atoms with Crippen LogP contribution in [0.4, 0.5) is 5.82 Å². The summed E-state index contributed by atoms with van der Waals surface area (Å²) in [5.41, 5.74) is 9.07. The molecule has 1 heterocycles. The van der Waals surface area contributed by atoms with Crippen LogP contribution in [0.15, 0.2) is 24.3 Å². The van der Waals surface area contributed by atoms with Gasteiger partial charge in [-0.05, 0) is 17.9 Å². The minimum Gasteiger partial charge on any atom is -0.383 e. The maximum Gasteiger partial charge on any atom is 0.156 e. The Bertz CT molecular complexity index is 615. The van der Waals surface area contributed by atoms with Crippen molar-refractivity contribution in [3.8, 4) is 11.3 Å². The van der Waals surface area contributed by atoms with Crippen molar-refractivity contribution in [2.75, 3.05) is 12.8 Å². The lowest BCUT2D eigenvalue weighted by molar-refractivity contribution is 0.112. The molecule has 5 nitrogen and oxygen atoms in total. The molecule has 0 aliphatic rings. The van der Waals surface area contributed by atoms with Gasteiger partial charge < -0.3 is 10.5 Å². The minimum absolute atomic E-state index is 0.220. The van der Waals surface area contributed by atoms with Crippen LogP contribution in [0.25, 0.3) is 11.3 Å². The molecule has 0 spiro atoms. The number of hydrogen-bond donors (Lipinski definition) is 1. The summed E-state index contributed by atoms with van der Waals surface area (Å²) in [7, 11) is 1.56. The molecule has 0 aliphatic carbocycles. The van der Waals surface area contributed by atoms with Crippen molar-refractivity contribution in [2.24, 2.45) is 5.92 Å². The zero-order valence-electron chi connectivity index (χ0n) is 12.7. The second kappa shape index (κ2) is 6.54. The topological polar surface area (TPSA) is 70.1 Å². The molecule has 0 unspecified atom stereocenters. The van der Waals surface area contributed by atoms with Crippen molar-refractivity contribution < 1.29 is 9.53 Å². The predicted molar refractivity (Wildman–Crippen MR) is 83.0 cm³/mol. The summed E-state index contributed by atoms with van der Waals surface area (Å²) in [6.07, 6.45) is 1.77. The van der Waals surface area contributed by atoms with Crippen molar-refractivity contribution in [3.63, 3.8) is 0 Å². The molecule has 0 saturated carbocycles. The molecule has 2 aromatic rings. The number of methoxy groups -OCH3 is 1. The van der Waals surface area contributed by atoms with Gasteiger partial charge in [0.2, 0.25) is 0 Å². The highest BCUT2D eigenvalue weighted by molar-refractivity contribution is 5.91. The van der Waals surface area contributed by atoms with Gasteiger partial charge in [0.05, 0.1) is 5.56 Å². The molecule has 21 heavy (non-hydrogen) atoms. The lowest BCUT2D eigenvalue weighted by atomic mass is 10.00. The van der Waals surface area contributed by atoms with Gasteiger partial charge in [-0.2, -0.15) is 5.10 Å². The van der Waals surface area contributed by atoms with E-state index in [-0.39, 0.29) is 6.73 Å². The highest BCUT2D eigenvalue weighted by Crippen LogP contribution is 2.26. The third-order valence-corrected chi connectivity index (χ3v) is 3.27. The van der Waals surface area contributed by atoms with E-state index in [0.29, 0.717) is 23.0 Å². The highest BCUT2D eigenvalue weighted by atomic mass is 16.5. The summed E-state index contributed by atoms with van der Waals surface area (Å²) < 4.78 is 6.51. The smallest absolute Gasteiger partial charge is 0.156 e. The Hall–Kier alpha value is -2.14. The summed E-state index contributed by atoms with van der Waals surface area (Å²) >= 11 is 0. The monoisotopic (exact) mass is 287 g/mol. The third kappa shape index (κ3) is 3.31. The van der Waals surface area contributed by atoms with Crippen LogP contribution in [-0.2, 0) is 17.9 Å². The van der Waals surface area contributed by atoms with E-state index in [1.54, 1.807) is 7.11 Å². The SMILES string of the molecule is COCn1nc(-c2ccc(CC(C)C)cc2)c(C=O)c1N. The van der Waals surface area contributed by atoms with Gasteiger partial charge in [0.15, 0.2) is 6.29 Å². The van der Waals surface area contributed by atoms with Gasteiger partial charge in [0, 0.05) is 12.7 Å². The molecular formula is C16H21N3O2. The number of hydrogen-bond acceptors (Lipinski definition) is 4. The summed E-state index contributed by atoms with van der Waals surface area (Å²) in [5, 5.41) is 4.37. The Kier molecular flexibility index (Phi) is 4.75. The lowest BCUT2D eigenvalue weighted by Gasteiger charge is -2.05. The van der Waals surface area contributed by atoms with Gasteiger partial charge in [-0.25, -0.2) is 4.68 Å². The minimum atomic E-state index is 0.220. The van der Waals surface area contributed by atoms with Crippen LogP contribution in [0.2, 0.25) is 0 Å². The lowest BCUT2D eigenvalue weighted by Crippen LogP contribution is -2.06. The molecule has 5 heteroatoms. The molecule has 0 aliphatic heterocycles. The molecule has 2 N–H and O–H groups in total. The molecule has 0 amide bonds. The summed E-state index contributed by atoms with van der Waals surface area (Å²) in [4.78, 5) is 11.3. The van der Waals surface area contributed by atoms with Crippen molar-refractivity contribution in [1.29, 1.82) is 0 Å². The van der Waals surface area contributed by atoms with E-state index >= 15 is 0 Å². The van der Waals surface area contributed by atoms with E-state index < -0.39 is 0 Å². The largest absolute Gasteiger partial charge is 0.383 e. The van der Waals surface area contributed by atoms with Crippen molar-refractivity contribution >= 4 is 12.1 Å². The second-order valence-electron chi connectivity index (χ2n) is 5.48. The molecule has 1 aromatic heterocycles. The Morgan fingerprint density at radius 3 is 2.52 bits per heavy atom. The van der Waals surface area contributed by atoms with E-state index in [1.165, 1.54) is 10.2 Å². The number of carbonyl (C=O) groups excluding carboxylic acids is 1. The molecule has 2 rings (SSSR count). The number of rotatable bonds is 6. The van der Waals surface area contributed by atoms with E-state index in [1.807, 2.05) is 12.1 Å². The van der Waals surface area contributed by atoms with Gasteiger partial charge in [-0.3, -0.25) is 4.79 Å². The molecule has 0 atom stereocenters. The van der Waals surface area contributed by atoms with E-state index in [0.717, 1.165) is 18.3 Å². The van der Waals surface area contributed by atoms with Gasteiger partial charge in [0.1, 0.15) is 18.2 Å². The van der Waals surface area contributed by atoms with Crippen LogP contribution in [0.5, 0.6) is 0 Å². The molecule has 0 fully saturated rings. The van der Waals surface area contributed by atoms with Crippen LogP contribution in [0.1, 0.15) is 29.8 Å². The van der Waals surface area contributed by atoms with Crippen LogP contribution < -0.4 is 5.73 Å². The van der Waals surface area contributed by atoms with E-state index in [9.17, 15) is 4.79 Å². The predicted octanol–water partition coefficient (Wildman–Crippen LogP) is 2.75. The van der Waals surface area contributed by atoms with Crippen molar-refractivity contribution in [3.05, 3.63) is 35.4 Å². The number of nitrogens with zero attached hydrogens (tertiary/aromatic N) is 2. The standard InChI is InChI=1S/C16H21N3O2/c1-11(2)8-12-4-6-13(7-5-12)15-14(9-20)16(17)19(18-15)10-21-3/h4-7,9,11H,8,10,17H2,1-3H3. The number of benzene rings is 1. The first-order valence-electron chi connectivity index (χ1n) is 6.96. The molecule has 1 aromatic carbocycles. The molecule has 0 bridgehead atoms. The maximum atomic E-state index is 11.3. The number of carbonyl (C=O) groups is 1. The van der Waals surface area contributed by atoms with Crippen LogP contribution in [0, 0.1) is 5.92 Å². The average molecular weight is 287 g/mol. The van der Waals surface area contributed by atoms with E-state index in [4.69, 9.17) is 10.5 Å². The van der Waals surface area contributed by atoms with Gasteiger partial charge >= 0.3 is 0 Å². The number of anilines is 1. The summed E-state index contributed by atoms with van der Waals surface area (Å²) in [6, 6.07) is 8.08. The second-order valence-corrected chi connectivity index (χ2v) is 5.48. The first kappa shape index (κ1) is 15.3. The number of nitrogen functional groups attached to an aromatic ring is 1.